The van der Waals surface area contributed by atoms with Crippen LogP contribution in [0.1, 0.15) is 45.4 Å². The van der Waals surface area contributed by atoms with Crippen LogP contribution in [0.4, 0.5) is 0 Å². The van der Waals surface area contributed by atoms with Gasteiger partial charge < -0.3 is 10.5 Å². The Hall–Kier alpha value is -0.120. The van der Waals surface area contributed by atoms with Crippen LogP contribution in [0.15, 0.2) is 0 Å². The van der Waals surface area contributed by atoms with E-state index in [2.05, 4.69) is 18.9 Å². The molecule has 0 heterocycles. The molecule has 0 aromatic carbocycles. The third-order valence-corrected chi connectivity index (χ3v) is 5.32. The minimum Gasteiger partial charge on any atom is -0.383 e. The first-order valence-corrected chi connectivity index (χ1v) is 7.56. The molecule has 0 spiro atoms. The van der Waals surface area contributed by atoms with Gasteiger partial charge in [0.25, 0.3) is 0 Å². The van der Waals surface area contributed by atoms with Crippen molar-refractivity contribution in [3.63, 3.8) is 0 Å². The lowest BCUT2D eigenvalue weighted by atomic mass is 9.83. The Morgan fingerprint density at radius 1 is 1.17 bits per heavy atom. The summed E-state index contributed by atoms with van der Waals surface area (Å²) in [5.41, 5.74) is 6.25. The van der Waals surface area contributed by atoms with E-state index in [1.54, 1.807) is 0 Å². The smallest absolute Gasteiger partial charge is 0.0661 e. The predicted molar refractivity (Wildman–Crippen MR) is 75.6 cm³/mol. The van der Waals surface area contributed by atoms with Gasteiger partial charge in [-0.15, -0.1) is 0 Å². The summed E-state index contributed by atoms with van der Waals surface area (Å²) in [4.78, 5) is 2.58. The molecule has 0 aromatic rings. The molecule has 2 rings (SSSR count). The maximum Gasteiger partial charge on any atom is 0.0661 e. The Morgan fingerprint density at radius 3 is 2.22 bits per heavy atom. The van der Waals surface area contributed by atoms with Crippen molar-refractivity contribution in [2.45, 2.75) is 57.0 Å². The first-order chi connectivity index (χ1) is 8.64. The highest BCUT2D eigenvalue weighted by Crippen LogP contribution is 2.44. The maximum atomic E-state index is 6.15. The maximum absolute atomic E-state index is 6.15. The molecule has 2 saturated carbocycles. The molecule has 0 saturated heterocycles. The number of likely N-dealkylation sites (N-methyl/N-ethyl adjacent to an activating group) is 1. The molecule has 2 N–H and O–H groups in total. The Bertz CT molecular complexity index is 259. The van der Waals surface area contributed by atoms with E-state index in [9.17, 15) is 0 Å². The Labute approximate surface area is 112 Å². The summed E-state index contributed by atoms with van der Waals surface area (Å²) >= 11 is 0. The highest BCUT2D eigenvalue weighted by atomic mass is 16.5. The van der Waals surface area contributed by atoms with E-state index in [0.29, 0.717) is 6.04 Å². The summed E-state index contributed by atoms with van der Waals surface area (Å²) in [6.07, 6.45) is 8.05. The third kappa shape index (κ3) is 2.73. The zero-order valence-electron chi connectivity index (χ0n) is 12.3. The molecule has 1 atom stereocenters. The van der Waals surface area contributed by atoms with Crippen LogP contribution in [-0.2, 0) is 4.74 Å². The van der Waals surface area contributed by atoms with Crippen LogP contribution < -0.4 is 5.73 Å². The second-order valence-electron chi connectivity index (χ2n) is 6.54. The van der Waals surface area contributed by atoms with Gasteiger partial charge in [-0.1, -0.05) is 6.92 Å². The minimum absolute atomic E-state index is 0.0972. The standard InChI is InChI=1S/C15H30N2O/c1-12-4-8-14(9-5-12)17(2)15(10-16,11-18-3)13-6-7-13/h12-14H,4-11,16H2,1-3H3. The monoisotopic (exact) mass is 254 g/mol. The molecule has 3 nitrogen and oxygen atoms in total. The van der Waals surface area contributed by atoms with Crippen molar-refractivity contribution >= 4 is 0 Å². The summed E-state index contributed by atoms with van der Waals surface area (Å²) in [6, 6.07) is 0.709. The quantitative estimate of drug-likeness (QED) is 0.790. The van der Waals surface area contributed by atoms with Crippen LogP contribution in [0, 0.1) is 11.8 Å². The van der Waals surface area contributed by atoms with Crippen LogP contribution >= 0.6 is 0 Å². The highest BCUT2D eigenvalue weighted by Gasteiger charge is 2.49. The van der Waals surface area contributed by atoms with Gasteiger partial charge in [0.1, 0.15) is 0 Å². The average Bonchev–Trinajstić information content (AvgIpc) is 3.21. The van der Waals surface area contributed by atoms with Gasteiger partial charge in [0.05, 0.1) is 12.1 Å². The normalized spacial score (nSPS) is 32.5. The molecule has 2 aliphatic rings. The highest BCUT2D eigenvalue weighted by molar-refractivity contribution is 5.04. The molecule has 0 aromatic heterocycles. The molecule has 2 fully saturated rings. The fraction of sp³-hybridized carbons (Fsp3) is 1.00. The second-order valence-corrected chi connectivity index (χ2v) is 6.54. The van der Waals surface area contributed by atoms with Gasteiger partial charge in [-0.2, -0.15) is 0 Å². The van der Waals surface area contributed by atoms with Gasteiger partial charge in [0, 0.05) is 19.7 Å². The number of ether oxygens (including phenoxy) is 1. The van der Waals surface area contributed by atoms with Crippen molar-refractivity contribution in [1.29, 1.82) is 0 Å². The van der Waals surface area contributed by atoms with Gasteiger partial charge in [-0.3, -0.25) is 4.90 Å². The lowest BCUT2D eigenvalue weighted by Crippen LogP contribution is -2.60. The lowest BCUT2D eigenvalue weighted by molar-refractivity contribution is -0.0210. The summed E-state index contributed by atoms with van der Waals surface area (Å²) < 4.78 is 5.51. The van der Waals surface area contributed by atoms with Gasteiger partial charge in [0.15, 0.2) is 0 Å². The van der Waals surface area contributed by atoms with Crippen molar-refractivity contribution in [3.05, 3.63) is 0 Å². The summed E-state index contributed by atoms with van der Waals surface area (Å²) in [7, 11) is 4.09. The zero-order valence-corrected chi connectivity index (χ0v) is 12.3. The molecule has 2 aliphatic carbocycles. The lowest BCUT2D eigenvalue weighted by Gasteiger charge is -2.47. The van der Waals surface area contributed by atoms with Crippen LogP contribution in [-0.4, -0.2) is 43.8 Å². The Morgan fingerprint density at radius 2 is 1.78 bits per heavy atom. The largest absolute Gasteiger partial charge is 0.383 e. The fourth-order valence-electron chi connectivity index (χ4n) is 3.74. The van der Waals surface area contributed by atoms with Crippen molar-refractivity contribution in [1.82, 2.24) is 4.90 Å². The molecule has 18 heavy (non-hydrogen) atoms. The van der Waals surface area contributed by atoms with E-state index >= 15 is 0 Å². The molecule has 3 heteroatoms. The number of methoxy groups -OCH3 is 1. The number of hydrogen-bond acceptors (Lipinski definition) is 3. The molecule has 1 unspecified atom stereocenters. The van der Waals surface area contributed by atoms with Gasteiger partial charge in [-0.05, 0) is 57.4 Å². The number of nitrogens with two attached hydrogens (primary N) is 1. The number of nitrogens with zero attached hydrogens (tertiary/aromatic N) is 1. The van der Waals surface area contributed by atoms with Crippen molar-refractivity contribution in [2.75, 3.05) is 27.3 Å². The molecular weight excluding hydrogens is 224 g/mol. The number of hydrogen-bond donors (Lipinski definition) is 1. The molecule has 0 radical (unpaired) electrons. The molecule has 0 aliphatic heterocycles. The van der Waals surface area contributed by atoms with Crippen LogP contribution in [0.25, 0.3) is 0 Å². The van der Waals surface area contributed by atoms with Crippen LogP contribution in [0.5, 0.6) is 0 Å². The molecule has 0 bridgehead atoms. The van der Waals surface area contributed by atoms with E-state index in [1.807, 2.05) is 7.11 Å². The van der Waals surface area contributed by atoms with Gasteiger partial charge in [-0.25, -0.2) is 0 Å². The van der Waals surface area contributed by atoms with E-state index in [4.69, 9.17) is 10.5 Å². The van der Waals surface area contributed by atoms with Gasteiger partial charge in [0.2, 0.25) is 0 Å². The topological polar surface area (TPSA) is 38.5 Å². The molecular formula is C15H30N2O. The predicted octanol–water partition coefficient (Wildman–Crippen LogP) is 2.25. The summed E-state index contributed by atoms with van der Waals surface area (Å²) in [5, 5.41) is 0. The van der Waals surface area contributed by atoms with Crippen LogP contribution in [0.2, 0.25) is 0 Å². The van der Waals surface area contributed by atoms with Crippen molar-refractivity contribution < 1.29 is 4.74 Å². The summed E-state index contributed by atoms with van der Waals surface area (Å²) in [5.74, 6) is 1.66. The average molecular weight is 254 g/mol. The fourth-order valence-corrected chi connectivity index (χ4v) is 3.74. The number of rotatable bonds is 6. The first-order valence-electron chi connectivity index (χ1n) is 7.56. The van der Waals surface area contributed by atoms with Crippen LogP contribution in [0.3, 0.4) is 0 Å². The minimum atomic E-state index is 0.0972. The first kappa shape index (κ1) is 14.3. The van der Waals surface area contributed by atoms with E-state index in [1.165, 1.54) is 38.5 Å². The molecule has 106 valence electrons. The zero-order chi connectivity index (χ0) is 13.2. The van der Waals surface area contributed by atoms with Crippen molar-refractivity contribution in [2.24, 2.45) is 17.6 Å². The van der Waals surface area contributed by atoms with E-state index in [0.717, 1.165) is 25.0 Å². The Kier molecular flexibility index (Phi) is 4.68. The SMILES string of the molecule is COCC(CN)(C1CC1)N(C)C1CCC(C)CC1. The van der Waals surface area contributed by atoms with E-state index in [-0.39, 0.29) is 5.54 Å². The summed E-state index contributed by atoms with van der Waals surface area (Å²) in [6.45, 7) is 3.90. The van der Waals surface area contributed by atoms with E-state index < -0.39 is 0 Å². The third-order valence-electron chi connectivity index (χ3n) is 5.32. The Balaban J connectivity index is 2.04. The second kappa shape index (κ2) is 5.89. The van der Waals surface area contributed by atoms with Crippen molar-refractivity contribution in [3.8, 4) is 0 Å². The van der Waals surface area contributed by atoms with Gasteiger partial charge >= 0.3 is 0 Å². The molecule has 0 amide bonds.